The SMILES string of the molecule is CCc1nc(Cl)c(C)c(N2CCSC(C)(C)C2)n1. The zero-order chi connectivity index (χ0) is 13.3. The van der Waals surface area contributed by atoms with Gasteiger partial charge in [0.05, 0.1) is 0 Å². The number of hydrogen-bond acceptors (Lipinski definition) is 4. The van der Waals surface area contributed by atoms with Crippen LogP contribution in [0.5, 0.6) is 0 Å². The molecule has 1 fully saturated rings. The molecule has 1 aromatic rings. The molecular weight excluding hydrogens is 266 g/mol. The molecule has 0 N–H and O–H groups in total. The Morgan fingerprint density at radius 1 is 1.39 bits per heavy atom. The second kappa shape index (κ2) is 5.25. The van der Waals surface area contributed by atoms with Crippen LogP contribution in [0.4, 0.5) is 5.82 Å². The lowest BCUT2D eigenvalue weighted by Crippen LogP contribution is -2.44. The van der Waals surface area contributed by atoms with Crippen molar-refractivity contribution in [1.29, 1.82) is 0 Å². The second-order valence-corrected chi connectivity index (χ2v) is 7.42. The van der Waals surface area contributed by atoms with Crippen molar-refractivity contribution in [2.75, 3.05) is 23.7 Å². The van der Waals surface area contributed by atoms with E-state index >= 15 is 0 Å². The molecule has 0 saturated carbocycles. The van der Waals surface area contributed by atoms with E-state index in [-0.39, 0.29) is 4.75 Å². The number of anilines is 1. The first-order chi connectivity index (χ1) is 8.43. The average Bonchev–Trinajstić information content (AvgIpc) is 2.31. The highest BCUT2D eigenvalue weighted by atomic mass is 35.5. The van der Waals surface area contributed by atoms with Crippen molar-refractivity contribution in [2.45, 2.75) is 38.9 Å². The van der Waals surface area contributed by atoms with Crippen molar-refractivity contribution in [3.05, 3.63) is 16.5 Å². The van der Waals surface area contributed by atoms with Gasteiger partial charge in [0.15, 0.2) is 0 Å². The summed E-state index contributed by atoms with van der Waals surface area (Å²) in [6, 6.07) is 0. The van der Waals surface area contributed by atoms with Crippen molar-refractivity contribution in [3.63, 3.8) is 0 Å². The summed E-state index contributed by atoms with van der Waals surface area (Å²) in [4.78, 5) is 11.3. The van der Waals surface area contributed by atoms with Crippen LogP contribution in [0, 0.1) is 6.92 Å². The third kappa shape index (κ3) is 2.91. The van der Waals surface area contributed by atoms with Gasteiger partial charge >= 0.3 is 0 Å². The van der Waals surface area contributed by atoms with E-state index in [1.54, 1.807) is 0 Å². The van der Waals surface area contributed by atoms with Crippen molar-refractivity contribution >= 4 is 29.2 Å². The van der Waals surface area contributed by atoms with Crippen molar-refractivity contribution in [3.8, 4) is 0 Å². The molecule has 100 valence electrons. The normalized spacial score (nSPS) is 19.1. The molecule has 0 aromatic carbocycles. The lowest BCUT2D eigenvalue weighted by molar-refractivity contribution is 0.638. The van der Waals surface area contributed by atoms with Gasteiger partial charge in [0.1, 0.15) is 16.8 Å². The number of halogens is 1. The lowest BCUT2D eigenvalue weighted by Gasteiger charge is -2.38. The maximum atomic E-state index is 6.21. The Balaban J connectivity index is 2.35. The summed E-state index contributed by atoms with van der Waals surface area (Å²) >= 11 is 8.23. The Morgan fingerprint density at radius 2 is 2.11 bits per heavy atom. The minimum Gasteiger partial charge on any atom is -0.354 e. The molecule has 2 heterocycles. The van der Waals surface area contributed by atoms with Gasteiger partial charge in [-0.25, -0.2) is 9.97 Å². The van der Waals surface area contributed by atoms with Gasteiger partial charge in [-0.1, -0.05) is 18.5 Å². The van der Waals surface area contributed by atoms with Crippen LogP contribution in [-0.2, 0) is 6.42 Å². The molecule has 1 aromatic heterocycles. The molecule has 1 aliphatic heterocycles. The summed E-state index contributed by atoms with van der Waals surface area (Å²) in [6.45, 7) is 10.7. The molecule has 0 spiro atoms. The predicted molar refractivity (Wildman–Crippen MR) is 79.9 cm³/mol. The first-order valence-electron chi connectivity index (χ1n) is 6.35. The third-order valence-electron chi connectivity index (χ3n) is 3.15. The van der Waals surface area contributed by atoms with Gasteiger partial charge in [-0.3, -0.25) is 0 Å². The van der Waals surface area contributed by atoms with Gasteiger partial charge in [-0.2, -0.15) is 11.8 Å². The number of nitrogens with zero attached hydrogens (tertiary/aromatic N) is 3. The summed E-state index contributed by atoms with van der Waals surface area (Å²) < 4.78 is 0.272. The van der Waals surface area contributed by atoms with Crippen molar-refractivity contribution in [1.82, 2.24) is 9.97 Å². The highest BCUT2D eigenvalue weighted by Crippen LogP contribution is 2.33. The highest BCUT2D eigenvalue weighted by molar-refractivity contribution is 8.00. The molecule has 1 saturated heterocycles. The Bertz CT molecular complexity index is 448. The molecule has 3 nitrogen and oxygen atoms in total. The molecule has 0 bridgehead atoms. The standard InChI is InChI=1S/C13H20ClN3S/c1-5-10-15-11(14)9(2)12(16-10)17-6-7-18-13(3,4)8-17/h5-8H2,1-4H3. The van der Waals surface area contributed by atoms with Gasteiger partial charge in [-0.05, 0) is 20.8 Å². The minimum absolute atomic E-state index is 0.272. The van der Waals surface area contributed by atoms with Crippen molar-refractivity contribution < 1.29 is 0 Å². The van der Waals surface area contributed by atoms with Crippen LogP contribution in [0.15, 0.2) is 0 Å². The van der Waals surface area contributed by atoms with E-state index < -0.39 is 0 Å². The molecule has 1 aliphatic rings. The second-order valence-electron chi connectivity index (χ2n) is 5.26. The Morgan fingerprint density at radius 3 is 2.72 bits per heavy atom. The number of thioether (sulfide) groups is 1. The zero-order valence-electron chi connectivity index (χ0n) is 11.5. The Kier molecular flexibility index (Phi) is 4.07. The van der Waals surface area contributed by atoms with E-state index in [1.807, 2.05) is 18.7 Å². The molecule has 0 radical (unpaired) electrons. The van der Waals surface area contributed by atoms with Crippen LogP contribution >= 0.6 is 23.4 Å². The van der Waals surface area contributed by atoms with E-state index in [0.29, 0.717) is 5.15 Å². The first kappa shape index (κ1) is 13.9. The van der Waals surface area contributed by atoms with Crippen LogP contribution in [0.1, 0.15) is 32.2 Å². The molecular formula is C13H20ClN3S. The monoisotopic (exact) mass is 285 g/mol. The third-order valence-corrected chi connectivity index (χ3v) is 4.81. The summed E-state index contributed by atoms with van der Waals surface area (Å²) in [6.07, 6.45) is 0.818. The quantitative estimate of drug-likeness (QED) is 0.780. The van der Waals surface area contributed by atoms with Gasteiger partial charge in [-0.15, -0.1) is 0 Å². The molecule has 0 atom stereocenters. The highest BCUT2D eigenvalue weighted by Gasteiger charge is 2.29. The van der Waals surface area contributed by atoms with Crippen LogP contribution in [-0.4, -0.2) is 33.6 Å². The molecule has 2 rings (SSSR count). The van der Waals surface area contributed by atoms with Crippen LogP contribution < -0.4 is 4.90 Å². The van der Waals surface area contributed by atoms with Gasteiger partial charge in [0.2, 0.25) is 0 Å². The number of rotatable bonds is 2. The average molecular weight is 286 g/mol. The van der Waals surface area contributed by atoms with E-state index in [1.165, 1.54) is 0 Å². The Labute approximate surface area is 118 Å². The van der Waals surface area contributed by atoms with Crippen LogP contribution in [0.2, 0.25) is 5.15 Å². The minimum atomic E-state index is 0.272. The molecule has 0 unspecified atom stereocenters. The zero-order valence-corrected chi connectivity index (χ0v) is 13.0. The maximum Gasteiger partial charge on any atom is 0.137 e. The molecule has 0 amide bonds. The number of aryl methyl sites for hydroxylation is 1. The van der Waals surface area contributed by atoms with E-state index in [2.05, 4.69) is 35.6 Å². The van der Waals surface area contributed by atoms with Crippen LogP contribution in [0.3, 0.4) is 0 Å². The van der Waals surface area contributed by atoms with Gasteiger partial charge < -0.3 is 4.90 Å². The summed E-state index contributed by atoms with van der Waals surface area (Å²) in [5.74, 6) is 2.98. The first-order valence-corrected chi connectivity index (χ1v) is 7.71. The fourth-order valence-electron chi connectivity index (χ4n) is 2.18. The van der Waals surface area contributed by atoms with Crippen LogP contribution in [0.25, 0.3) is 0 Å². The molecule has 5 heteroatoms. The summed E-state index contributed by atoms with van der Waals surface area (Å²) in [7, 11) is 0. The number of aromatic nitrogens is 2. The topological polar surface area (TPSA) is 29.0 Å². The lowest BCUT2D eigenvalue weighted by atomic mass is 10.1. The number of hydrogen-bond donors (Lipinski definition) is 0. The fraction of sp³-hybridized carbons (Fsp3) is 0.692. The van der Waals surface area contributed by atoms with Crippen molar-refractivity contribution in [2.24, 2.45) is 0 Å². The molecule has 18 heavy (non-hydrogen) atoms. The smallest absolute Gasteiger partial charge is 0.137 e. The fourth-order valence-corrected chi connectivity index (χ4v) is 3.48. The largest absolute Gasteiger partial charge is 0.354 e. The van der Waals surface area contributed by atoms with E-state index in [9.17, 15) is 0 Å². The van der Waals surface area contributed by atoms with Gasteiger partial charge in [0, 0.05) is 35.6 Å². The summed E-state index contributed by atoms with van der Waals surface area (Å²) in [5.41, 5.74) is 0.997. The maximum absolute atomic E-state index is 6.21. The van der Waals surface area contributed by atoms with E-state index in [0.717, 1.165) is 42.5 Å². The van der Waals surface area contributed by atoms with Gasteiger partial charge in [0.25, 0.3) is 0 Å². The predicted octanol–water partition coefficient (Wildman–Crippen LogP) is 3.33. The van der Waals surface area contributed by atoms with E-state index in [4.69, 9.17) is 11.6 Å². The molecule has 0 aliphatic carbocycles. The summed E-state index contributed by atoms with van der Waals surface area (Å²) in [5, 5.41) is 0.591. The Hall–Kier alpha value is -0.480.